The molecule has 0 amide bonds. The quantitative estimate of drug-likeness (QED) is 0.170. The molecule has 0 spiro atoms. The Bertz CT molecular complexity index is 1700. The monoisotopic (exact) mass is 639 g/mol. The molecule has 1 saturated carbocycles. The molecule has 2 aromatic heterocycles. The van der Waals surface area contributed by atoms with E-state index < -0.39 is 6.36 Å². The molecule has 7 rings (SSSR count). The van der Waals surface area contributed by atoms with Gasteiger partial charge in [-0.1, -0.05) is 23.4 Å². The first-order valence-corrected chi connectivity index (χ1v) is 15.9. The fourth-order valence-electron chi connectivity index (χ4n) is 6.69. The molecule has 3 fully saturated rings. The summed E-state index contributed by atoms with van der Waals surface area (Å²) in [6.45, 7) is 2.17. The highest BCUT2D eigenvalue weighted by atomic mass is 32.1. The lowest BCUT2D eigenvalue weighted by Crippen LogP contribution is -2.45. The number of methoxy groups -OCH3 is 1. The molecule has 12 heteroatoms. The maximum absolute atomic E-state index is 13.2. The zero-order chi connectivity index (χ0) is 31.3. The number of carbonyl (C=O) groups excluding carboxylic acids is 1. The molecule has 2 aromatic carbocycles. The van der Waals surface area contributed by atoms with Gasteiger partial charge in [0.1, 0.15) is 17.2 Å². The van der Waals surface area contributed by atoms with E-state index in [0.29, 0.717) is 22.6 Å². The van der Waals surface area contributed by atoms with Crippen molar-refractivity contribution in [1.82, 2.24) is 10.1 Å². The van der Waals surface area contributed by atoms with E-state index in [1.165, 1.54) is 19.2 Å². The Kier molecular flexibility index (Phi) is 7.81. The second kappa shape index (κ2) is 11.8. The molecule has 3 aliphatic rings. The lowest BCUT2D eigenvalue weighted by atomic mass is 9.99. The Labute approximate surface area is 262 Å². The summed E-state index contributed by atoms with van der Waals surface area (Å²) < 4.78 is 60.8. The molecular formula is C33H32F3N3O5S. The van der Waals surface area contributed by atoms with Gasteiger partial charge in [-0.3, -0.25) is 0 Å². The van der Waals surface area contributed by atoms with Crippen molar-refractivity contribution < 1.29 is 36.7 Å². The zero-order valence-corrected chi connectivity index (χ0v) is 25.6. The second-order valence-electron chi connectivity index (χ2n) is 11.9. The van der Waals surface area contributed by atoms with Gasteiger partial charge in [-0.05, 0) is 75.3 Å². The van der Waals surface area contributed by atoms with Crippen molar-refractivity contribution in [2.24, 2.45) is 0 Å². The van der Waals surface area contributed by atoms with Crippen LogP contribution in [0.4, 0.5) is 18.3 Å². The van der Waals surface area contributed by atoms with Crippen LogP contribution in [0.15, 0.2) is 52.4 Å². The van der Waals surface area contributed by atoms with Crippen LogP contribution in [-0.2, 0) is 16.1 Å². The molecule has 1 aliphatic carbocycles. The van der Waals surface area contributed by atoms with Gasteiger partial charge in [-0.15, -0.1) is 24.5 Å². The Morgan fingerprint density at radius 1 is 1.07 bits per heavy atom. The summed E-state index contributed by atoms with van der Waals surface area (Å²) >= 11 is 1.62. The number of esters is 1. The average Bonchev–Trinajstić information content (AvgIpc) is 3.48. The summed E-state index contributed by atoms with van der Waals surface area (Å²) in [6.07, 6.45) is 0.806. The van der Waals surface area contributed by atoms with Crippen LogP contribution in [0, 0.1) is 6.92 Å². The SMILES string of the molecule is COC(=O)c1ccc(-c2csc(N3C4CCC3CC(OCc3c(-c5ccccc5OC(F)(F)F)noc3C3CC3)C4)n2)c(C)c1. The largest absolute Gasteiger partial charge is 0.573 e. The summed E-state index contributed by atoms with van der Waals surface area (Å²) in [7, 11) is 1.37. The van der Waals surface area contributed by atoms with Gasteiger partial charge in [0.05, 0.1) is 31.1 Å². The van der Waals surface area contributed by atoms with Gasteiger partial charge in [-0.2, -0.15) is 0 Å². The predicted octanol–water partition coefficient (Wildman–Crippen LogP) is 8.05. The van der Waals surface area contributed by atoms with Crippen molar-refractivity contribution in [2.75, 3.05) is 12.0 Å². The summed E-state index contributed by atoms with van der Waals surface area (Å²) in [4.78, 5) is 19.4. The van der Waals surface area contributed by atoms with E-state index in [-0.39, 0.29) is 48.0 Å². The van der Waals surface area contributed by atoms with E-state index >= 15 is 0 Å². The first-order valence-electron chi connectivity index (χ1n) is 15.1. The number of halogens is 3. The van der Waals surface area contributed by atoms with E-state index in [0.717, 1.165) is 60.5 Å². The molecule has 8 nitrogen and oxygen atoms in total. The minimum atomic E-state index is -4.82. The van der Waals surface area contributed by atoms with Gasteiger partial charge in [0.2, 0.25) is 0 Å². The van der Waals surface area contributed by atoms with E-state index in [4.69, 9.17) is 19.0 Å². The molecule has 4 heterocycles. The summed E-state index contributed by atoms with van der Waals surface area (Å²) in [6, 6.07) is 12.1. The number of nitrogens with zero attached hydrogens (tertiary/aromatic N) is 3. The number of benzene rings is 2. The van der Waals surface area contributed by atoms with Crippen molar-refractivity contribution in [1.29, 1.82) is 0 Å². The predicted molar refractivity (Wildman–Crippen MR) is 161 cm³/mol. The number of hydrogen-bond acceptors (Lipinski definition) is 9. The van der Waals surface area contributed by atoms with Crippen molar-refractivity contribution in [3.63, 3.8) is 0 Å². The van der Waals surface area contributed by atoms with E-state index in [9.17, 15) is 18.0 Å². The minimum absolute atomic E-state index is 0.0113. The number of carbonyl (C=O) groups is 1. The van der Waals surface area contributed by atoms with E-state index in [1.807, 2.05) is 19.1 Å². The molecule has 2 aliphatic heterocycles. The number of aryl methyl sites for hydroxylation is 1. The number of fused-ring (bicyclic) bond motifs is 2. The number of piperidine rings is 1. The van der Waals surface area contributed by atoms with E-state index in [2.05, 4.69) is 20.2 Å². The fraction of sp³-hybridized carbons (Fsp3) is 0.424. The summed E-state index contributed by atoms with van der Waals surface area (Å²) in [5.41, 5.74) is 4.59. The van der Waals surface area contributed by atoms with Crippen molar-refractivity contribution >= 4 is 22.4 Å². The third-order valence-electron chi connectivity index (χ3n) is 8.92. The number of para-hydroxylation sites is 1. The van der Waals surface area contributed by atoms with Crippen LogP contribution in [0.1, 0.15) is 71.7 Å². The van der Waals surface area contributed by atoms with Crippen LogP contribution in [-0.4, -0.2) is 47.8 Å². The fourth-order valence-corrected chi connectivity index (χ4v) is 7.66. The zero-order valence-electron chi connectivity index (χ0n) is 24.8. The minimum Gasteiger partial charge on any atom is -0.465 e. The molecule has 2 unspecified atom stereocenters. The molecule has 2 atom stereocenters. The summed E-state index contributed by atoms with van der Waals surface area (Å²) in [5, 5.41) is 7.24. The van der Waals surface area contributed by atoms with E-state index in [1.54, 1.807) is 29.5 Å². The molecule has 45 heavy (non-hydrogen) atoms. The van der Waals surface area contributed by atoms with Gasteiger partial charge in [0, 0.05) is 40.1 Å². The lowest BCUT2D eigenvalue weighted by Gasteiger charge is -2.38. The lowest BCUT2D eigenvalue weighted by molar-refractivity contribution is -0.274. The van der Waals surface area contributed by atoms with Crippen molar-refractivity contribution in [2.45, 2.75) is 82.5 Å². The highest BCUT2D eigenvalue weighted by molar-refractivity contribution is 7.14. The molecular weight excluding hydrogens is 607 g/mol. The molecule has 2 bridgehead atoms. The van der Waals surface area contributed by atoms with Crippen LogP contribution >= 0.6 is 11.3 Å². The van der Waals surface area contributed by atoms with Crippen LogP contribution in [0.3, 0.4) is 0 Å². The maximum Gasteiger partial charge on any atom is 0.573 e. The van der Waals surface area contributed by atoms with Gasteiger partial charge < -0.3 is 23.6 Å². The Morgan fingerprint density at radius 2 is 1.82 bits per heavy atom. The molecule has 2 saturated heterocycles. The van der Waals surface area contributed by atoms with Crippen LogP contribution in [0.25, 0.3) is 22.5 Å². The third kappa shape index (κ3) is 6.05. The number of aromatic nitrogens is 2. The number of rotatable bonds is 9. The highest BCUT2D eigenvalue weighted by Gasteiger charge is 2.43. The second-order valence-corrected chi connectivity index (χ2v) is 12.8. The number of anilines is 1. The summed E-state index contributed by atoms with van der Waals surface area (Å²) in [5.74, 6) is 0.218. The molecule has 236 valence electrons. The first kappa shape index (κ1) is 29.8. The molecule has 0 radical (unpaired) electrons. The van der Waals surface area contributed by atoms with Crippen molar-refractivity contribution in [3.8, 4) is 28.3 Å². The molecule has 0 N–H and O–H groups in total. The normalized spacial score (nSPS) is 21.3. The van der Waals surface area contributed by atoms with Crippen LogP contribution in [0.2, 0.25) is 0 Å². The van der Waals surface area contributed by atoms with Gasteiger partial charge >= 0.3 is 12.3 Å². The Morgan fingerprint density at radius 3 is 2.51 bits per heavy atom. The number of hydrogen-bond donors (Lipinski definition) is 0. The van der Waals surface area contributed by atoms with Gasteiger partial charge in [-0.25, -0.2) is 9.78 Å². The number of ether oxygens (including phenoxy) is 3. The Hall–Kier alpha value is -3.90. The van der Waals surface area contributed by atoms with Crippen molar-refractivity contribution in [3.05, 3.63) is 70.3 Å². The van der Waals surface area contributed by atoms with Gasteiger partial charge in [0.15, 0.2) is 5.13 Å². The third-order valence-corrected chi connectivity index (χ3v) is 9.78. The number of alkyl halides is 3. The van der Waals surface area contributed by atoms with Crippen LogP contribution in [0.5, 0.6) is 5.75 Å². The van der Waals surface area contributed by atoms with Crippen LogP contribution < -0.4 is 9.64 Å². The maximum atomic E-state index is 13.2. The average molecular weight is 640 g/mol. The Balaban J connectivity index is 1.06. The van der Waals surface area contributed by atoms with Gasteiger partial charge in [0.25, 0.3) is 0 Å². The standard InChI is InChI=1S/C33H32F3N3O5S/c1-18-13-20(31(40)41-2)9-12-24(18)27-17-45-32(37-27)39-21-10-11-22(39)15-23(14-21)42-16-26-29(38-44-30(26)19-7-8-19)25-5-3-4-6-28(25)43-33(34,35)36/h3-6,9,12-13,17,19,21-23H,7-8,10-11,14-16H2,1-2H3. The number of thiazole rings is 1. The highest BCUT2D eigenvalue weighted by Crippen LogP contribution is 2.47. The first-order chi connectivity index (χ1) is 21.7. The molecule has 4 aromatic rings. The smallest absolute Gasteiger partial charge is 0.465 e. The topological polar surface area (TPSA) is 86.9 Å².